The molecule has 0 heterocycles. The Balaban J connectivity index is 1.54. The molecule has 0 spiro atoms. The average Bonchev–Trinajstić information content (AvgIpc) is 2.74. The van der Waals surface area contributed by atoms with E-state index in [0.717, 1.165) is 16.9 Å². The fraction of sp³-hybridized carbons (Fsp3) is 0.125. The standard InChI is InChI=1S/C24H22O4/c1-2-26-23-11-7-6-10-20(23)12-17-24(25)28-22-15-13-21(14-16-22)27-18-19-8-4-3-5-9-19/h3-17H,2,18H2,1H3/b17-12+. The molecule has 0 atom stereocenters. The molecule has 3 rings (SSSR count). The maximum atomic E-state index is 12.1. The van der Waals surface area contributed by atoms with Crippen molar-refractivity contribution in [1.82, 2.24) is 0 Å². The van der Waals surface area contributed by atoms with Gasteiger partial charge in [0.1, 0.15) is 23.9 Å². The minimum absolute atomic E-state index is 0.454. The number of para-hydroxylation sites is 1. The average molecular weight is 374 g/mol. The van der Waals surface area contributed by atoms with E-state index in [1.165, 1.54) is 6.08 Å². The molecule has 3 aromatic rings. The van der Waals surface area contributed by atoms with Crippen molar-refractivity contribution in [3.05, 3.63) is 96.1 Å². The van der Waals surface area contributed by atoms with E-state index in [4.69, 9.17) is 14.2 Å². The maximum Gasteiger partial charge on any atom is 0.336 e. The molecule has 4 nitrogen and oxygen atoms in total. The van der Waals surface area contributed by atoms with Crippen molar-refractivity contribution in [1.29, 1.82) is 0 Å². The molecule has 0 amide bonds. The second-order valence-electron chi connectivity index (χ2n) is 5.97. The Morgan fingerprint density at radius 1 is 0.821 bits per heavy atom. The van der Waals surface area contributed by atoms with E-state index in [0.29, 0.717) is 24.7 Å². The van der Waals surface area contributed by atoms with Gasteiger partial charge in [-0.05, 0) is 48.9 Å². The molecule has 0 aromatic heterocycles. The van der Waals surface area contributed by atoms with Gasteiger partial charge < -0.3 is 14.2 Å². The SMILES string of the molecule is CCOc1ccccc1/C=C/C(=O)Oc1ccc(OCc2ccccc2)cc1. The third kappa shape index (κ3) is 5.74. The molecule has 0 saturated heterocycles. The number of carbonyl (C=O) groups is 1. The van der Waals surface area contributed by atoms with E-state index in [1.54, 1.807) is 30.3 Å². The smallest absolute Gasteiger partial charge is 0.336 e. The van der Waals surface area contributed by atoms with E-state index >= 15 is 0 Å². The monoisotopic (exact) mass is 374 g/mol. The highest BCUT2D eigenvalue weighted by atomic mass is 16.5. The summed E-state index contributed by atoms with van der Waals surface area (Å²) in [7, 11) is 0. The molecule has 28 heavy (non-hydrogen) atoms. The van der Waals surface area contributed by atoms with Crippen LogP contribution in [0.1, 0.15) is 18.1 Å². The number of carbonyl (C=O) groups excluding carboxylic acids is 1. The second kappa shape index (κ2) is 9.97. The minimum atomic E-state index is -0.454. The van der Waals surface area contributed by atoms with E-state index in [2.05, 4.69) is 0 Å². The molecule has 4 heteroatoms. The summed E-state index contributed by atoms with van der Waals surface area (Å²) in [5.41, 5.74) is 1.92. The summed E-state index contributed by atoms with van der Waals surface area (Å²) < 4.78 is 16.6. The Hall–Kier alpha value is -3.53. The minimum Gasteiger partial charge on any atom is -0.493 e. The molecule has 3 aromatic carbocycles. The van der Waals surface area contributed by atoms with Crippen LogP contribution in [0.25, 0.3) is 6.08 Å². The van der Waals surface area contributed by atoms with Crippen LogP contribution < -0.4 is 14.2 Å². The van der Waals surface area contributed by atoms with E-state index in [1.807, 2.05) is 61.5 Å². The van der Waals surface area contributed by atoms with E-state index in [9.17, 15) is 4.79 Å². The lowest BCUT2D eigenvalue weighted by Gasteiger charge is -2.07. The Morgan fingerprint density at radius 2 is 1.50 bits per heavy atom. The van der Waals surface area contributed by atoms with Gasteiger partial charge in [-0.3, -0.25) is 0 Å². The van der Waals surface area contributed by atoms with Gasteiger partial charge in [0.25, 0.3) is 0 Å². The molecule has 0 unspecified atom stereocenters. The number of esters is 1. The molecule has 0 bridgehead atoms. The Bertz CT molecular complexity index is 915. The highest BCUT2D eigenvalue weighted by Crippen LogP contribution is 2.21. The van der Waals surface area contributed by atoms with Gasteiger partial charge in [0.15, 0.2) is 0 Å². The van der Waals surface area contributed by atoms with Crippen LogP contribution in [0.4, 0.5) is 0 Å². The molecule has 0 aliphatic rings. The fourth-order valence-corrected chi connectivity index (χ4v) is 2.56. The van der Waals surface area contributed by atoms with Gasteiger partial charge in [0.05, 0.1) is 6.61 Å². The summed E-state index contributed by atoms with van der Waals surface area (Å²) in [6.07, 6.45) is 3.07. The van der Waals surface area contributed by atoms with Crippen LogP contribution in [0.15, 0.2) is 84.9 Å². The van der Waals surface area contributed by atoms with Crippen molar-refractivity contribution >= 4 is 12.0 Å². The first-order chi connectivity index (χ1) is 13.7. The predicted octanol–water partition coefficient (Wildman–Crippen LogP) is 5.28. The quantitative estimate of drug-likeness (QED) is 0.306. The van der Waals surface area contributed by atoms with Gasteiger partial charge in [0, 0.05) is 11.6 Å². The largest absolute Gasteiger partial charge is 0.493 e. The van der Waals surface area contributed by atoms with Crippen molar-refractivity contribution in [2.45, 2.75) is 13.5 Å². The number of rotatable bonds is 8. The van der Waals surface area contributed by atoms with Crippen LogP contribution in [0, 0.1) is 0 Å². The lowest BCUT2D eigenvalue weighted by atomic mass is 10.2. The van der Waals surface area contributed by atoms with Crippen LogP contribution in [0.3, 0.4) is 0 Å². The molecule has 0 aliphatic heterocycles. The second-order valence-corrected chi connectivity index (χ2v) is 5.97. The van der Waals surface area contributed by atoms with E-state index < -0.39 is 5.97 Å². The third-order valence-electron chi connectivity index (χ3n) is 3.91. The van der Waals surface area contributed by atoms with Gasteiger partial charge in [-0.1, -0.05) is 48.5 Å². The maximum absolute atomic E-state index is 12.1. The Labute approximate surface area is 165 Å². The van der Waals surface area contributed by atoms with Crippen LogP contribution >= 0.6 is 0 Å². The number of ether oxygens (including phenoxy) is 3. The summed E-state index contributed by atoms with van der Waals surface area (Å²) in [5, 5.41) is 0. The number of benzene rings is 3. The summed E-state index contributed by atoms with van der Waals surface area (Å²) in [5.74, 6) is 1.45. The zero-order valence-corrected chi connectivity index (χ0v) is 15.7. The highest BCUT2D eigenvalue weighted by molar-refractivity contribution is 5.89. The molecule has 0 fully saturated rings. The van der Waals surface area contributed by atoms with Crippen molar-refractivity contribution in [3.8, 4) is 17.2 Å². The molecule has 0 N–H and O–H groups in total. The zero-order chi connectivity index (χ0) is 19.6. The van der Waals surface area contributed by atoms with Crippen LogP contribution in [0.5, 0.6) is 17.2 Å². The normalized spacial score (nSPS) is 10.6. The van der Waals surface area contributed by atoms with Crippen molar-refractivity contribution < 1.29 is 19.0 Å². The molecule has 0 aliphatic carbocycles. The predicted molar refractivity (Wildman–Crippen MR) is 109 cm³/mol. The molecule has 142 valence electrons. The Kier molecular flexibility index (Phi) is 6.85. The van der Waals surface area contributed by atoms with Gasteiger partial charge in [-0.25, -0.2) is 4.79 Å². The fourth-order valence-electron chi connectivity index (χ4n) is 2.56. The number of hydrogen-bond acceptors (Lipinski definition) is 4. The topological polar surface area (TPSA) is 44.8 Å². The highest BCUT2D eigenvalue weighted by Gasteiger charge is 2.04. The van der Waals surface area contributed by atoms with Crippen molar-refractivity contribution in [2.75, 3.05) is 6.61 Å². The molecular formula is C24H22O4. The van der Waals surface area contributed by atoms with Crippen molar-refractivity contribution in [2.24, 2.45) is 0 Å². The van der Waals surface area contributed by atoms with Gasteiger partial charge >= 0.3 is 5.97 Å². The van der Waals surface area contributed by atoms with Crippen LogP contribution in [-0.4, -0.2) is 12.6 Å². The lowest BCUT2D eigenvalue weighted by molar-refractivity contribution is -0.128. The first-order valence-corrected chi connectivity index (χ1v) is 9.13. The van der Waals surface area contributed by atoms with Gasteiger partial charge in [-0.15, -0.1) is 0 Å². The lowest BCUT2D eigenvalue weighted by Crippen LogP contribution is -2.04. The molecule has 0 saturated carbocycles. The summed E-state index contributed by atoms with van der Waals surface area (Å²) in [6.45, 7) is 2.97. The first kappa shape index (κ1) is 19.2. The first-order valence-electron chi connectivity index (χ1n) is 9.13. The van der Waals surface area contributed by atoms with Gasteiger partial charge in [0.2, 0.25) is 0 Å². The summed E-state index contributed by atoms with van der Waals surface area (Å²) in [4.78, 5) is 12.1. The molecular weight excluding hydrogens is 352 g/mol. The van der Waals surface area contributed by atoms with Crippen molar-refractivity contribution in [3.63, 3.8) is 0 Å². The van der Waals surface area contributed by atoms with E-state index in [-0.39, 0.29) is 0 Å². The molecule has 0 radical (unpaired) electrons. The zero-order valence-electron chi connectivity index (χ0n) is 15.7. The summed E-state index contributed by atoms with van der Waals surface area (Å²) >= 11 is 0. The van der Waals surface area contributed by atoms with Crippen LogP contribution in [-0.2, 0) is 11.4 Å². The Morgan fingerprint density at radius 3 is 2.25 bits per heavy atom. The number of hydrogen-bond donors (Lipinski definition) is 0. The van der Waals surface area contributed by atoms with Gasteiger partial charge in [-0.2, -0.15) is 0 Å². The summed E-state index contributed by atoms with van der Waals surface area (Å²) in [6, 6.07) is 24.4. The van der Waals surface area contributed by atoms with Crippen LogP contribution in [0.2, 0.25) is 0 Å². The third-order valence-corrected chi connectivity index (χ3v) is 3.91.